The van der Waals surface area contributed by atoms with E-state index in [2.05, 4.69) is 0 Å². The van der Waals surface area contributed by atoms with Crippen molar-refractivity contribution in [1.29, 1.82) is 0 Å². The number of ether oxygens (including phenoxy) is 2. The Morgan fingerprint density at radius 3 is 2.23 bits per heavy atom. The minimum Gasteiger partial charge on any atom is -0.497 e. The number of methoxy groups -OCH3 is 2. The summed E-state index contributed by atoms with van der Waals surface area (Å²) in [6.07, 6.45) is -1.06. The van der Waals surface area contributed by atoms with Gasteiger partial charge in [-0.15, -0.1) is 0 Å². The second-order valence-electron chi connectivity index (χ2n) is 7.03. The highest BCUT2D eigenvalue weighted by Gasteiger charge is 2.60. The van der Waals surface area contributed by atoms with E-state index in [-0.39, 0.29) is 6.54 Å². The van der Waals surface area contributed by atoms with E-state index in [4.69, 9.17) is 20.0 Å². The molecule has 2 aliphatic heterocycles. The van der Waals surface area contributed by atoms with Crippen molar-refractivity contribution in [2.45, 2.75) is 12.1 Å². The van der Waals surface area contributed by atoms with E-state index in [0.29, 0.717) is 22.7 Å². The first-order chi connectivity index (χ1) is 14.4. The van der Waals surface area contributed by atoms with Crippen molar-refractivity contribution < 1.29 is 28.7 Å². The number of carbonyl (C=O) groups is 3. The number of carbonyl (C=O) groups excluding carboxylic acids is 3. The number of benzene rings is 2. The number of para-hydroxylation sites is 1. The topological polar surface area (TPSA) is 111 Å². The smallest absolute Gasteiger partial charge is 0.265 e. The van der Waals surface area contributed by atoms with Gasteiger partial charge in [-0.1, -0.05) is 18.2 Å². The van der Waals surface area contributed by atoms with Gasteiger partial charge in [0, 0.05) is 6.07 Å². The van der Waals surface area contributed by atoms with Crippen molar-refractivity contribution in [3.05, 3.63) is 54.1 Å². The number of hydrogen-bond acceptors (Lipinski definition) is 7. The van der Waals surface area contributed by atoms with Gasteiger partial charge in [0.15, 0.2) is 6.10 Å². The number of nitrogens with two attached hydrogens (primary N) is 1. The third-order valence-electron chi connectivity index (χ3n) is 5.24. The lowest BCUT2D eigenvalue weighted by molar-refractivity contribution is -0.175. The maximum atomic E-state index is 13.3. The quantitative estimate of drug-likeness (QED) is 0.707. The van der Waals surface area contributed by atoms with Gasteiger partial charge in [0.1, 0.15) is 18.0 Å². The molecule has 0 aliphatic carbocycles. The van der Waals surface area contributed by atoms with Crippen LogP contribution in [0.2, 0.25) is 0 Å². The number of fused-ring (bicyclic) bond motifs is 1. The second kappa shape index (κ2) is 7.77. The van der Waals surface area contributed by atoms with Crippen molar-refractivity contribution in [3.8, 4) is 11.5 Å². The highest BCUT2D eigenvalue weighted by atomic mass is 16.7. The zero-order valence-corrected chi connectivity index (χ0v) is 16.5. The number of rotatable bonds is 6. The highest BCUT2D eigenvalue weighted by molar-refractivity contribution is 6.23. The molecular formula is C21H21N3O6. The molecule has 0 spiro atoms. The molecule has 3 amide bonds. The van der Waals surface area contributed by atoms with Crippen molar-refractivity contribution in [2.24, 2.45) is 11.7 Å². The molecule has 0 aromatic heterocycles. The van der Waals surface area contributed by atoms with Gasteiger partial charge in [0.25, 0.3) is 5.91 Å². The summed E-state index contributed by atoms with van der Waals surface area (Å²) in [5.74, 6) is -1.38. The number of primary amides is 1. The van der Waals surface area contributed by atoms with Crippen LogP contribution in [-0.2, 0) is 19.2 Å². The van der Waals surface area contributed by atoms with Gasteiger partial charge in [0.05, 0.1) is 31.9 Å². The van der Waals surface area contributed by atoms with Gasteiger partial charge in [0.2, 0.25) is 11.8 Å². The van der Waals surface area contributed by atoms with E-state index in [9.17, 15) is 14.4 Å². The van der Waals surface area contributed by atoms with E-state index >= 15 is 0 Å². The lowest BCUT2D eigenvalue weighted by Gasteiger charge is -2.26. The van der Waals surface area contributed by atoms with Crippen LogP contribution in [0.15, 0.2) is 48.5 Å². The summed E-state index contributed by atoms with van der Waals surface area (Å²) in [5, 5.41) is 1.30. The lowest BCUT2D eigenvalue weighted by atomic mass is 9.90. The van der Waals surface area contributed by atoms with Crippen LogP contribution in [0.3, 0.4) is 0 Å². The monoisotopic (exact) mass is 411 g/mol. The van der Waals surface area contributed by atoms with Crippen LogP contribution >= 0.6 is 0 Å². The molecule has 4 rings (SSSR count). The first kappa shape index (κ1) is 19.9. The molecule has 0 saturated carbocycles. The molecule has 3 atom stereocenters. The third-order valence-corrected chi connectivity index (χ3v) is 5.24. The van der Waals surface area contributed by atoms with Crippen LogP contribution in [0, 0.1) is 5.92 Å². The van der Waals surface area contributed by atoms with Crippen LogP contribution in [-0.4, -0.2) is 49.7 Å². The summed E-state index contributed by atoms with van der Waals surface area (Å²) >= 11 is 0. The Hall–Kier alpha value is -3.43. The van der Waals surface area contributed by atoms with E-state index in [1.165, 1.54) is 19.3 Å². The number of amides is 3. The maximum Gasteiger partial charge on any atom is 0.265 e. The Kier molecular flexibility index (Phi) is 5.15. The molecule has 156 valence electrons. The van der Waals surface area contributed by atoms with Crippen LogP contribution in [0.4, 0.5) is 5.69 Å². The predicted molar refractivity (Wildman–Crippen MR) is 105 cm³/mol. The van der Waals surface area contributed by atoms with Crippen molar-refractivity contribution in [3.63, 3.8) is 0 Å². The summed E-state index contributed by atoms with van der Waals surface area (Å²) in [7, 11) is 3.02. The normalized spacial score (nSPS) is 23.5. The standard InChI is InChI=1S/C21H21N3O6/c1-28-14-8-12(9-15(10-14)29-2)18-17-19(30-23(18)11-16(22)25)21(27)24(20(17)26)13-6-4-3-5-7-13/h3-10,17-19H,11H2,1-2H3,(H2,22,25). The molecule has 9 nitrogen and oxygen atoms in total. The Balaban J connectivity index is 1.78. The zero-order valence-electron chi connectivity index (χ0n) is 16.5. The van der Waals surface area contributed by atoms with Crippen LogP contribution < -0.4 is 20.1 Å². The molecule has 2 saturated heterocycles. The van der Waals surface area contributed by atoms with Gasteiger partial charge in [-0.25, -0.2) is 4.90 Å². The summed E-state index contributed by atoms with van der Waals surface area (Å²) < 4.78 is 10.7. The minimum atomic E-state index is -1.06. The van der Waals surface area contributed by atoms with E-state index in [1.807, 2.05) is 0 Å². The van der Waals surface area contributed by atoms with E-state index < -0.39 is 35.8 Å². The molecule has 2 aromatic carbocycles. The fourth-order valence-corrected chi connectivity index (χ4v) is 3.96. The van der Waals surface area contributed by atoms with Gasteiger partial charge >= 0.3 is 0 Å². The Bertz CT molecular complexity index is 973. The summed E-state index contributed by atoms with van der Waals surface area (Å²) in [6, 6.07) is 13.0. The molecule has 9 heteroatoms. The average molecular weight is 411 g/mol. The fraction of sp³-hybridized carbons (Fsp3) is 0.286. The van der Waals surface area contributed by atoms with Gasteiger partial charge in [-0.3, -0.25) is 19.2 Å². The number of nitrogens with zero attached hydrogens (tertiary/aromatic N) is 2. The number of hydroxylamine groups is 2. The van der Waals surface area contributed by atoms with Crippen molar-refractivity contribution in [1.82, 2.24) is 5.06 Å². The molecule has 0 bridgehead atoms. The number of imide groups is 1. The van der Waals surface area contributed by atoms with E-state index in [0.717, 1.165) is 4.90 Å². The van der Waals surface area contributed by atoms with Crippen LogP contribution in [0.1, 0.15) is 11.6 Å². The maximum absolute atomic E-state index is 13.3. The fourth-order valence-electron chi connectivity index (χ4n) is 3.96. The van der Waals surface area contributed by atoms with Crippen LogP contribution in [0.5, 0.6) is 11.5 Å². The lowest BCUT2D eigenvalue weighted by Crippen LogP contribution is -2.40. The molecule has 2 aliphatic rings. The Morgan fingerprint density at radius 2 is 1.67 bits per heavy atom. The first-order valence-corrected chi connectivity index (χ1v) is 9.32. The molecule has 30 heavy (non-hydrogen) atoms. The summed E-state index contributed by atoms with van der Waals surface area (Å²) in [4.78, 5) is 44.9. The highest BCUT2D eigenvalue weighted by Crippen LogP contribution is 2.46. The van der Waals surface area contributed by atoms with Gasteiger partial charge in [-0.05, 0) is 29.8 Å². The molecule has 2 N–H and O–H groups in total. The number of anilines is 1. The Labute approximate surface area is 172 Å². The Morgan fingerprint density at radius 1 is 1.03 bits per heavy atom. The van der Waals surface area contributed by atoms with Gasteiger partial charge in [-0.2, -0.15) is 5.06 Å². The largest absolute Gasteiger partial charge is 0.497 e. The molecule has 2 aromatic rings. The average Bonchev–Trinajstić information content (AvgIpc) is 3.22. The molecule has 3 unspecified atom stereocenters. The SMILES string of the molecule is COc1cc(OC)cc(C2C3C(=O)N(c4ccccc4)C(=O)C3ON2CC(N)=O)c1. The molecule has 0 radical (unpaired) electrons. The van der Waals surface area contributed by atoms with Gasteiger partial charge < -0.3 is 15.2 Å². The predicted octanol–water partition coefficient (Wildman–Crippen LogP) is 1.04. The minimum absolute atomic E-state index is 0.275. The number of hydrogen-bond donors (Lipinski definition) is 1. The summed E-state index contributed by atoms with van der Waals surface area (Å²) in [5.41, 5.74) is 6.45. The van der Waals surface area contributed by atoms with Crippen LogP contribution in [0.25, 0.3) is 0 Å². The third kappa shape index (κ3) is 3.27. The molecule has 2 heterocycles. The molecular weight excluding hydrogens is 390 g/mol. The first-order valence-electron chi connectivity index (χ1n) is 9.32. The van der Waals surface area contributed by atoms with E-state index in [1.54, 1.807) is 48.5 Å². The zero-order chi connectivity index (χ0) is 21.4. The summed E-state index contributed by atoms with van der Waals surface area (Å²) in [6.45, 7) is -0.275. The van der Waals surface area contributed by atoms with Crippen molar-refractivity contribution in [2.75, 3.05) is 25.7 Å². The second-order valence-corrected chi connectivity index (χ2v) is 7.03. The molecule has 2 fully saturated rings. The van der Waals surface area contributed by atoms with Crippen molar-refractivity contribution >= 4 is 23.4 Å².